The Hall–Kier alpha value is -3.01. The first-order chi connectivity index (χ1) is 11.7. The van der Waals surface area contributed by atoms with Crippen LogP contribution < -0.4 is 5.32 Å². The van der Waals surface area contributed by atoms with Crippen LogP contribution in [-0.2, 0) is 11.2 Å². The van der Waals surface area contributed by atoms with Crippen LogP contribution in [-0.4, -0.2) is 22.4 Å². The highest BCUT2D eigenvalue weighted by atomic mass is 16.1. The summed E-state index contributed by atoms with van der Waals surface area (Å²) in [5.41, 5.74) is 5.78. The van der Waals surface area contributed by atoms with Gasteiger partial charge in [-0.05, 0) is 24.1 Å². The van der Waals surface area contributed by atoms with Gasteiger partial charge in [0.05, 0.1) is 5.69 Å². The highest BCUT2D eigenvalue weighted by Gasteiger charge is 2.15. The smallest absolute Gasteiger partial charge is 0.216 e. The Bertz CT molecular complexity index is 1030. The van der Waals surface area contributed by atoms with Crippen molar-refractivity contribution >= 4 is 27.7 Å². The first-order valence-corrected chi connectivity index (χ1v) is 8.14. The van der Waals surface area contributed by atoms with E-state index in [9.17, 15) is 4.79 Å². The number of para-hydroxylation sites is 2. The molecule has 2 heterocycles. The Balaban J connectivity index is 1.86. The highest BCUT2D eigenvalue weighted by molar-refractivity contribution is 6.00. The van der Waals surface area contributed by atoms with Crippen LogP contribution in [0, 0.1) is 0 Å². The van der Waals surface area contributed by atoms with Crippen LogP contribution in [0.2, 0.25) is 0 Å². The molecule has 4 nitrogen and oxygen atoms in total. The van der Waals surface area contributed by atoms with Crippen molar-refractivity contribution in [2.24, 2.45) is 0 Å². The van der Waals surface area contributed by atoms with Gasteiger partial charge in [0.2, 0.25) is 5.91 Å². The minimum Gasteiger partial charge on any atom is -0.360 e. The van der Waals surface area contributed by atoms with Crippen LogP contribution in [0.1, 0.15) is 12.5 Å². The fourth-order valence-electron chi connectivity index (χ4n) is 3.33. The van der Waals surface area contributed by atoms with Crippen molar-refractivity contribution < 1.29 is 4.79 Å². The van der Waals surface area contributed by atoms with Gasteiger partial charge in [-0.25, -0.2) is 0 Å². The molecule has 2 aromatic carbocycles. The number of hydrogen-bond donors (Lipinski definition) is 3. The molecule has 1 amide bonds. The number of aromatic amines is 2. The normalized spacial score (nSPS) is 11.2. The van der Waals surface area contributed by atoms with Gasteiger partial charge in [0, 0.05) is 47.0 Å². The summed E-state index contributed by atoms with van der Waals surface area (Å²) in [4.78, 5) is 18.1. The zero-order valence-electron chi connectivity index (χ0n) is 13.5. The Morgan fingerprint density at radius 3 is 2.50 bits per heavy atom. The summed E-state index contributed by atoms with van der Waals surface area (Å²) in [6.45, 7) is 2.18. The second-order valence-electron chi connectivity index (χ2n) is 6.01. The second kappa shape index (κ2) is 5.89. The summed E-state index contributed by atoms with van der Waals surface area (Å²) in [6.07, 6.45) is 2.84. The molecule has 0 saturated carbocycles. The Morgan fingerprint density at radius 1 is 1.00 bits per heavy atom. The first-order valence-electron chi connectivity index (χ1n) is 8.14. The van der Waals surface area contributed by atoms with Gasteiger partial charge in [-0.1, -0.05) is 36.4 Å². The van der Waals surface area contributed by atoms with Crippen LogP contribution in [0.3, 0.4) is 0 Å². The van der Waals surface area contributed by atoms with Crippen molar-refractivity contribution in [1.29, 1.82) is 0 Å². The molecule has 120 valence electrons. The van der Waals surface area contributed by atoms with Gasteiger partial charge in [0.15, 0.2) is 0 Å². The van der Waals surface area contributed by atoms with Crippen LogP contribution >= 0.6 is 0 Å². The fraction of sp³-hybridized carbons (Fsp3) is 0.150. The summed E-state index contributed by atoms with van der Waals surface area (Å²) in [7, 11) is 0. The molecule has 0 atom stereocenters. The molecule has 0 fully saturated rings. The number of carbonyl (C=O) groups is 1. The molecule has 4 aromatic rings. The average Bonchev–Trinajstić information content (AvgIpc) is 3.16. The van der Waals surface area contributed by atoms with Gasteiger partial charge in [0.1, 0.15) is 0 Å². The van der Waals surface area contributed by atoms with E-state index in [1.165, 1.54) is 21.9 Å². The molecule has 4 heteroatoms. The molecule has 0 unspecified atom stereocenters. The molecular formula is C20H19N3O. The predicted molar refractivity (Wildman–Crippen MR) is 98.0 cm³/mol. The Kier molecular flexibility index (Phi) is 3.58. The van der Waals surface area contributed by atoms with E-state index in [2.05, 4.69) is 57.9 Å². The maximum absolute atomic E-state index is 11.2. The first kappa shape index (κ1) is 14.6. The number of benzene rings is 2. The molecular weight excluding hydrogens is 298 g/mol. The molecule has 2 aromatic heterocycles. The van der Waals surface area contributed by atoms with Crippen molar-refractivity contribution in [2.75, 3.05) is 6.54 Å². The number of aromatic nitrogens is 2. The Morgan fingerprint density at radius 2 is 1.71 bits per heavy atom. The largest absolute Gasteiger partial charge is 0.360 e. The van der Waals surface area contributed by atoms with E-state index in [0.717, 1.165) is 23.1 Å². The van der Waals surface area contributed by atoms with E-state index in [1.807, 2.05) is 12.1 Å². The lowest BCUT2D eigenvalue weighted by Gasteiger charge is -2.05. The van der Waals surface area contributed by atoms with Gasteiger partial charge in [-0.2, -0.15) is 0 Å². The molecule has 0 saturated heterocycles. The van der Waals surface area contributed by atoms with Crippen molar-refractivity contribution in [3.05, 3.63) is 60.3 Å². The average molecular weight is 317 g/mol. The van der Waals surface area contributed by atoms with E-state index < -0.39 is 0 Å². The zero-order valence-corrected chi connectivity index (χ0v) is 13.5. The Labute approximate surface area is 139 Å². The SMILES string of the molecule is CC(=O)NCCc1c(-c2c[nH]c3ccccc23)[nH]c2ccccc12. The van der Waals surface area contributed by atoms with Crippen LogP contribution in [0.4, 0.5) is 0 Å². The summed E-state index contributed by atoms with van der Waals surface area (Å²) in [5.74, 6) is 0.00323. The van der Waals surface area contributed by atoms with E-state index >= 15 is 0 Å². The number of nitrogens with one attached hydrogen (secondary N) is 3. The summed E-state index contributed by atoms with van der Waals surface area (Å²) >= 11 is 0. The standard InChI is InChI=1S/C20H19N3O/c1-13(24)21-11-10-16-14-6-3-5-9-19(14)23-20(16)17-12-22-18-8-4-2-7-15(17)18/h2-9,12,22-23H,10-11H2,1H3,(H,21,24). The number of H-pyrrole nitrogens is 2. The molecule has 3 N–H and O–H groups in total. The molecule has 0 aliphatic carbocycles. The monoisotopic (exact) mass is 317 g/mol. The van der Waals surface area contributed by atoms with Gasteiger partial charge in [-0.3, -0.25) is 4.79 Å². The quantitative estimate of drug-likeness (QED) is 0.523. The molecule has 4 rings (SSSR count). The van der Waals surface area contributed by atoms with Crippen molar-refractivity contribution in [3.8, 4) is 11.3 Å². The molecule has 0 bridgehead atoms. The van der Waals surface area contributed by atoms with E-state index in [-0.39, 0.29) is 5.91 Å². The number of carbonyl (C=O) groups excluding carboxylic acids is 1. The summed E-state index contributed by atoms with van der Waals surface area (Å²) < 4.78 is 0. The van der Waals surface area contributed by atoms with Crippen LogP contribution in [0.25, 0.3) is 33.1 Å². The predicted octanol–water partition coefficient (Wildman–Crippen LogP) is 3.99. The third kappa shape index (κ3) is 2.46. The van der Waals surface area contributed by atoms with E-state index in [1.54, 1.807) is 6.92 Å². The minimum absolute atomic E-state index is 0.00323. The highest BCUT2D eigenvalue weighted by Crippen LogP contribution is 2.34. The molecule has 0 aliphatic heterocycles. The fourth-order valence-corrected chi connectivity index (χ4v) is 3.33. The zero-order chi connectivity index (χ0) is 16.5. The topological polar surface area (TPSA) is 60.7 Å². The molecule has 24 heavy (non-hydrogen) atoms. The third-order valence-corrected chi connectivity index (χ3v) is 4.42. The number of fused-ring (bicyclic) bond motifs is 2. The second-order valence-corrected chi connectivity index (χ2v) is 6.01. The maximum atomic E-state index is 11.2. The lowest BCUT2D eigenvalue weighted by molar-refractivity contribution is -0.118. The molecule has 0 radical (unpaired) electrons. The van der Waals surface area contributed by atoms with Gasteiger partial charge >= 0.3 is 0 Å². The van der Waals surface area contributed by atoms with Crippen molar-refractivity contribution in [1.82, 2.24) is 15.3 Å². The molecule has 0 spiro atoms. The van der Waals surface area contributed by atoms with Crippen LogP contribution in [0.5, 0.6) is 0 Å². The maximum Gasteiger partial charge on any atom is 0.216 e. The van der Waals surface area contributed by atoms with Crippen molar-refractivity contribution in [2.45, 2.75) is 13.3 Å². The van der Waals surface area contributed by atoms with E-state index in [0.29, 0.717) is 6.54 Å². The minimum atomic E-state index is 0.00323. The summed E-state index contributed by atoms with van der Waals surface area (Å²) in [6, 6.07) is 16.6. The van der Waals surface area contributed by atoms with Crippen molar-refractivity contribution in [3.63, 3.8) is 0 Å². The number of hydrogen-bond acceptors (Lipinski definition) is 1. The van der Waals surface area contributed by atoms with E-state index in [4.69, 9.17) is 0 Å². The van der Waals surface area contributed by atoms with Crippen LogP contribution in [0.15, 0.2) is 54.7 Å². The van der Waals surface area contributed by atoms with Gasteiger partial charge in [-0.15, -0.1) is 0 Å². The third-order valence-electron chi connectivity index (χ3n) is 4.42. The van der Waals surface area contributed by atoms with Gasteiger partial charge < -0.3 is 15.3 Å². The number of amides is 1. The lowest BCUT2D eigenvalue weighted by Crippen LogP contribution is -2.22. The molecule has 0 aliphatic rings. The summed E-state index contributed by atoms with van der Waals surface area (Å²) in [5, 5.41) is 5.31. The number of rotatable bonds is 4. The lowest BCUT2D eigenvalue weighted by atomic mass is 10.0. The van der Waals surface area contributed by atoms with Gasteiger partial charge in [0.25, 0.3) is 0 Å².